The summed E-state index contributed by atoms with van der Waals surface area (Å²) in [6.07, 6.45) is 2.91. The lowest BCUT2D eigenvalue weighted by Crippen LogP contribution is -2.53. The fourth-order valence-corrected chi connectivity index (χ4v) is 9.31. The normalized spacial score (nSPS) is 36.7. The second-order valence-corrected chi connectivity index (χ2v) is 12.3. The van der Waals surface area contributed by atoms with Crippen LogP contribution in [0.5, 0.6) is 0 Å². The molecule has 4 atom stereocenters. The summed E-state index contributed by atoms with van der Waals surface area (Å²) in [4.78, 5) is 18.8. The highest BCUT2D eigenvalue weighted by Crippen LogP contribution is 2.70. The van der Waals surface area contributed by atoms with Crippen molar-refractivity contribution in [3.8, 4) is 0 Å². The van der Waals surface area contributed by atoms with Crippen LogP contribution in [0.4, 0.5) is 0 Å². The molecule has 0 N–H and O–H groups in total. The number of benzene rings is 1. The Morgan fingerprint density at radius 1 is 1.29 bits per heavy atom. The molecule has 0 aromatic heterocycles. The van der Waals surface area contributed by atoms with Crippen molar-refractivity contribution in [1.82, 2.24) is 4.31 Å². The summed E-state index contributed by atoms with van der Waals surface area (Å²) in [6.45, 7) is 10.2. The molecule has 2 saturated carbocycles. The predicted octanol–water partition coefficient (Wildman–Crippen LogP) is 3.54. The van der Waals surface area contributed by atoms with E-state index in [1.807, 2.05) is 37.3 Å². The fourth-order valence-electron chi connectivity index (χ4n) is 6.71. The lowest BCUT2D eigenvalue weighted by atomic mass is 9.69. The number of amides is 1. The van der Waals surface area contributed by atoms with E-state index < -0.39 is 21.5 Å². The number of aliphatic imine (C=N–C) groups is 1. The zero-order valence-corrected chi connectivity index (χ0v) is 19.2. The first kappa shape index (κ1) is 20.7. The number of hydrogen-bond acceptors (Lipinski definition) is 5. The van der Waals surface area contributed by atoms with Crippen molar-refractivity contribution in [1.29, 1.82) is 0 Å². The van der Waals surface area contributed by atoms with Gasteiger partial charge >= 0.3 is 0 Å². The molecule has 3 fully saturated rings. The molecule has 1 aromatic rings. The average Bonchev–Trinajstić information content (AvgIpc) is 3.35. The molecule has 4 aliphatic rings. The summed E-state index contributed by atoms with van der Waals surface area (Å²) in [6, 6.07) is 9.14. The summed E-state index contributed by atoms with van der Waals surface area (Å²) in [5, 5.41) is 0. The molecule has 5 rings (SSSR count). The number of carbonyl (C=O) groups is 1. The number of hydrogen-bond donors (Lipinski definition) is 0. The molecule has 31 heavy (non-hydrogen) atoms. The van der Waals surface area contributed by atoms with Crippen molar-refractivity contribution in [2.45, 2.75) is 58.0 Å². The maximum Gasteiger partial charge on any atom is 0.268 e. The largest absolute Gasteiger partial charge is 0.474 e. The van der Waals surface area contributed by atoms with Gasteiger partial charge in [-0.1, -0.05) is 37.6 Å². The third-order valence-electron chi connectivity index (χ3n) is 8.39. The smallest absolute Gasteiger partial charge is 0.268 e. The van der Waals surface area contributed by atoms with Crippen molar-refractivity contribution in [3.05, 3.63) is 48.0 Å². The summed E-state index contributed by atoms with van der Waals surface area (Å²) >= 11 is 0. The molecular weight excluding hydrogens is 412 g/mol. The van der Waals surface area contributed by atoms with Gasteiger partial charge in [-0.15, -0.1) is 6.58 Å². The van der Waals surface area contributed by atoms with E-state index >= 15 is 0 Å². The molecule has 1 amide bonds. The van der Waals surface area contributed by atoms with Gasteiger partial charge in [-0.05, 0) is 49.7 Å². The van der Waals surface area contributed by atoms with Crippen LogP contribution >= 0.6 is 0 Å². The van der Waals surface area contributed by atoms with Gasteiger partial charge in [0.05, 0.1) is 11.8 Å². The SMILES string of the molecule is C=C(C)C[C@@]1(C(=O)N2[C@@H]3C[C@H]4CC[C@]3(CS2(=O)=O)C4(C)C)COC(c2ccccc2)=N1. The number of fused-ring (bicyclic) bond motifs is 1. The first-order valence-corrected chi connectivity index (χ1v) is 12.6. The van der Waals surface area contributed by atoms with Crippen molar-refractivity contribution in [2.24, 2.45) is 21.7 Å². The molecule has 1 aromatic carbocycles. The van der Waals surface area contributed by atoms with Crippen LogP contribution in [-0.4, -0.2) is 48.5 Å². The molecule has 6 nitrogen and oxygen atoms in total. The third kappa shape index (κ3) is 2.71. The second kappa shape index (κ2) is 6.44. The van der Waals surface area contributed by atoms with Crippen molar-refractivity contribution in [3.63, 3.8) is 0 Å². The van der Waals surface area contributed by atoms with Gasteiger partial charge in [0, 0.05) is 17.4 Å². The highest BCUT2D eigenvalue weighted by atomic mass is 32.2. The van der Waals surface area contributed by atoms with E-state index in [9.17, 15) is 13.2 Å². The zero-order chi connectivity index (χ0) is 22.2. The Labute approximate surface area is 184 Å². The summed E-state index contributed by atoms with van der Waals surface area (Å²) < 4.78 is 33.9. The van der Waals surface area contributed by atoms with E-state index in [4.69, 9.17) is 9.73 Å². The minimum Gasteiger partial charge on any atom is -0.474 e. The van der Waals surface area contributed by atoms with Crippen LogP contribution in [0.25, 0.3) is 0 Å². The van der Waals surface area contributed by atoms with Gasteiger partial charge in [-0.3, -0.25) is 4.79 Å². The molecule has 2 aliphatic heterocycles. The second-order valence-electron chi connectivity index (χ2n) is 10.5. The first-order chi connectivity index (χ1) is 14.5. The van der Waals surface area contributed by atoms with E-state index in [1.54, 1.807) is 0 Å². The van der Waals surface area contributed by atoms with Gasteiger partial charge in [-0.25, -0.2) is 17.7 Å². The summed E-state index contributed by atoms with van der Waals surface area (Å²) in [7, 11) is -3.72. The van der Waals surface area contributed by atoms with Gasteiger partial charge in [0.15, 0.2) is 5.54 Å². The van der Waals surface area contributed by atoms with Crippen LogP contribution in [-0.2, 0) is 19.6 Å². The van der Waals surface area contributed by atoms with Gasteiger partial charge in [0.1, 0.15) is 6.61 Å². The number of nitrogens with zero attached hydrogens (tertiary/aromatic N) is 2. The van der Waals surface area contributed by atoms with Crippen LogP contribution in [0.3, 0.4) is 0 Å². The minimum atomic E-state index is -3.72. The lowest BCUT2D eigenvalue weighted by Gasteiger charge is -2.38. The van der Waals surface area contributed by atoms with Crippen LogP contribution in [0.2, 0.25) is 0 Å². The molecule has 2 heterocycles. The van der Waals surface area contributed by atoms with Gasteiger partial charge in [-0.2, -0.15) is 0 Å². The first-order valence-electron chi connectivity index (χ1n) is 11.0. The van der Waals surface area contributed by atoms with Crippen molar-refractivity contribution >= 4 is 21.8 Å². The topological polar surface area (TPSA) is 76.0 Å². The highest BCUT2D eigenvalue weighted by molar-refractivity contribution is 7.90. The number of ether oxygens (including phenoxy) is 1. The Morgan fingerprint density at radius 3 is 2.65 bits per heavy atom. The lowest BCUT2D eigenvalue weighted by molar-refractivity contribution is -0.135. The monoisotopic (exact) mass is 442 g/mol. The maximum atomic E-state index is 14.0. The molecule has 1 spiro atoms. The molecule has 0 radical (unpaired) electrons. The quantitative estimate of drug-likeness (QED) is 0.669. The summed E-state index contributed by atoms with van der Waals surface area (Å²) in [5.41, 5.74) is -0.189. The molecule has 7 heteroatoms. The molecule has 2 aliphatic carbocycles. The third-order valence-corrected chi connectivity index (χ3v) is 10.3. The van der Waals surface area contributed by atoms with E-state index in [0.29, 0.717) is 11.8 Å². The van der Waals surface area contributed by atoms with Crippen LogP contribution < -0.4 is 0 Å². The van der Waals surface area contributed by atoms with Crippen molar-refractivity contribution < 1.29 is 17.9 Å². The van der Waals surface area contributed by atoms with Gasteiger partial charge in [0.2, 0.25) is 15.9 Å². The molecule has 166 valence electrons. The van der Waals surface area contributed by atoms with E-state index in [2.05, 4.69) is 20.4 Å². The van der Waals surface area contributed by atoms with Crippen LogP contribution in [0, 0.1) is 16.7 Å². The van der Waals surface area contributed by atoms with E-state index in [-0.39, 0.29) is 35.7 Å². The minimum absolute atomic E-state index is 0.0292. The Bertz CT molecular complexity index is 1090. The molecule has 0 unspecified atom stereocenters. The molecular formula is C24H30N2O4S. The molecule has 1 saturated heterocycles. The predicted molar refractivity (Wildman–Crippen MR) is 119 cm³/mol. The average molecular weight is 443 g/mol. The Balaban J connectivity index is 1.57. The van der Waals surface area contributed by atoms with Crippen LogP contribution in [0.1, 0.15) is 52.0 Å². The highest BCUT2D eigenvalue weighted by Gasteiger charge is 2.73. The zero-order valence-electron chi connectivity index (χ0n) is 18.4. The Hall–Kier alpha value is -2.15. The number of carbonyl (C=O) groups excluding carboxylic acids is 1. The molecule has 2 bridgehead atoms. The fraction of sp³-hybridized carbons (Fsp3) is 0.583. The summed E-state index contributed by atoms with van der Waals surface area (Å²) in [5.74, 6) is 0.434. The van der Waals surface area contributed by atoms with Gasteiger partial charge < -0.3 is 4.74 Å². The van der Waals surface area contributed by atoms with Gasteiger partial charge in [0.25, 0.3) is 5.91 Å². The standard InChI is InChI=1S/C24H30N2O4S/c1-16(2)13-24(14-30-20(25-24)17-8-6-5-7-9-17)21(27)26-19-12-18-10-11-23(19,22(18,3)4)15-31(26,28)29/h5-9,18-19H,1,10-15H2,2-4H3/t18-,19-,23-,24+/m1/s1. The van der Waals surface area contributed by atoms with Crippen molar-refractivity contribution in [2.75, 3.05) is 12.4 Å². The van der Waals surface area contributed by atoms with E-state index in [1.165, 1.54) is 4.31 Å². The Kier molecular flexibility index (Phi) is 4.31. The Morgan fingerprint density at radius 2 is 2.00 bits per heavy atom. The van der Waals surface area contributed by atoms with Crippen LogP contribution in [0.15, 0.2) is 47.5 Å². The number of rotatable bonds is 4. The maximum absolute atomic E-state index is 14.0. The number of sulfonamides is 1. The van der Waals surface area contributed by atoms with E-state index in [0.717, 1.165) is 30.4 Å².